The van der Waals surface area contributed by atoms with E-state index < -0.39 is 0 Å². The lowest BCUT2D eigenvalue weighted by Crippen LogP contribution is -2.33. The Labute approximate surface area is 130 Å². The van der Waals surface area contributed by atoms with Gasteiger partial charge >= 0.3 is 0 Å². The predicted molar refractivity (Wildman–Crippen MR) is 84.1 cm³/mol. The second-order valence-electron chi connectivity index (χ2n) is 6.03. The van der Waals surface area contributed by atoms with Crippen molar-refractivity contribution in [3.05, 3.63) is 52.1 Å². The molecule has 0 spiro atoms. The van der Waals surface area contributed by atoms with E-state index in [9.17, 15) is 4.39 Å². The number of halogens is 2. The van der Waals surface area contributed by atoms with E-state index in [1.165, 1.54) is 17.7 Å². The second kappa shape index (κ2) is 6.16. The van der Waals surface area contributed by atoms with Gasteiger partial charge in [-0.05, 0) is 24.6 Å². The highest BCUT2D eigenvalue weighted by Crippen LogP contribution is 2.30. The van der Waals surface area contributed by atoms with Crippen LogP contribution in [0.5, 0.6) is 0 Å². The van der Waals surface area contributed by atoms with Gasteiger partial charge in [0.05, 0.1) is 5.69 Å². The van der Waals surface area contributed by atoms with Crippen molar-refractivity contribution in [1.82, 2.24) is 15.1 Å². The van der Waals surface area contributed by atoms with Crippen LogP contribution in [0.1, 0.15) is 30.7 Å². The Balaban J connectivity index is 2.02. The summed E-state index contributed by atoms with van der Waals surface area (Å²) in [6.07, 6.45) is 2.01. The zero-order valence-corrected chi connectivity index (χ0v) is 13.6. The summed E-state index contributed by atoms with van der Waals surface area (Å²) < 4.78 is 15.0. The van der Waals surface area contributed by atoms with E-state index in [0.717, 1.165) is 24.3 Å². The van der Waals surface area contributed by atoms with Gasteiger partial charge in [-0.25, -0.2) is 4.39 Å². The van der Waals surface area contributed by atoms with Crippen LogP contribution in [0.25, 0.3) is 0 Å². The zero-order chi connectivity index (χ0) is 15.6. The molecule has 1 aromatic carbocycles. The highest BCUT2D eigenvalue weighted by atomic mass is 35.5. The molecule has 5 heteroatoms. The lowest BCUT2D eigenvalue weighted by molar-refractivity contribution is 0.467. The maximum absolute atomic E-state index is 13.1. The van der Waals surface area contributed by atoms with Crippen LogP contribution in [0.15, 0.2) is 24.4 Å². The number of hydrogen-bond donors (Lipinski definition) is 1. The minimum absolute atomic E-state index is 0.180. The van der Waals surface area contributed by atoms with Crippen LogP contribution >= 0.6 is 11.6 Å². The van der Waals surface area contributed by atoms with Crippen LogP contribution in [0.4, 0.5) is 4.39 Å². The summed E-state index contributed by atoms with van der Waals surface area (Å²) in [5.41, 5.74) is 2.98. The Kier molecular flexibility index (Phi) is 4.69. The van der Waals surface area contributed by atoms with Crippen molar-refractivity contribution in [3.8, 4) is 0 Å². The molecule has 21 heavy (non-hydrogen) atoms. The average Bonchev–Trinajstić information content (AvgIpc) is 2.67. The van der Waals surface area contributed by atoms with Gasteiger partial charge < -0.3 is 5.32 Å². The van der Waals surface area contributed by atoms with Gasteiger partial charge in [0.1, 0.15) is 5.82 Å². The third kappa shape index (κ3) is 3.83. The van der Waals surface area contributed by atoms with Crippen LogP contribution < -0.4 is 5.32 Å². The average molecular weight is 310 g/mol. The van der Waals surface area contributed by atoms with Crippen LogP contribution in [-0.4, -0.2) is 16.3 Å². The minimum atomic E-state index is -0.307. The van der Waals surface area contributed by atoms with E-state index in [-0.39, 0.29) is 11.2 Å². The lowest BCUT2D eigenvalue weighted by Gasteiger charge is -2.27. The molecule has 0 aliphatic carbocycles. The van der Waals surface area contributed by atoms with Crippen LogP contribution in [0.2, 0.25) is 5.02 Å². The summed E-state index contributed by atoms with van der Waals surface area (Å²) in [6, 6.07) is 4.58. The Morgan fingerprint density at radius 3 is 2.67 bits per heavy atom. The molecule has 0 saturated heterocycles. The van der Waals surface area contributed by atoms with Crippen molar-refractivity contribution in [2.24, 2.45) is 7.05 Å². The standard InChI is InChI=1S/C16H21ClFN3/c1-11-12(9-21(4)20-11)8-19-10-16(2,3)14-6-5-13(18)7-15(14)17/h5-7,9,19H,8,10H2,1-4H3. The van der Waals surface area contributed by atoms with Crippen molar-refractivity contribution in [2.45, 2.75) is 32.7 Å². The minimum Gasteiger partial charge on any atom is -0.312 e. The molecule has 0 aliphatic heterocycles. The smallest absolute Gasteiger partial charge is 0.124 e. The molecule has 114 valence electrons. The maximum Gasteiger partial charge on any atom is 0.124 e. The Hall–Kier alpha value is -1.39. The molecule has 0 saturated carbocycles. The number of aryl methyl sites for hydroxylation is 2. The van der Waals surface area contributed by atoms with E-state index in [4.69, 9.17) is 11.6 Å². The molecule has 0 atom stereocenters. The number of nitrogens with one attached hydrogen (secondary N) is 1. The van der Waals surface area contributed by atoms with E-state index >= 15 is 0 Å². The fourth-order valence-electron chi connectivity index (χ4n) is 2.47. The Bertz CT molecular complexity index is 634. The molecule has 1 N–H and O–H groups in total. The molecule has 0 unspecified atom stereocenters. The molecule has 2 aromatic rings. The van der Waals surface area contributed by atoms with Gasteiger partial charge in [0.25, 0.3) is 0 Å². The molecule has 1 heterocycles. The first-order valence-electron chi connectivity index (χ1n) is 6.95. The van der Waals surface area contributed by atoms with E-state index in [2.05, 4.69) is 24.3 Å². The number of aromatic nitrogens is 2. The summed E-state index contributed by atoms with van der Waals surface area (Å²) in [5.74, 6) is -0.307. The molecule has 3 nitrogen and oxygen atoms in total. The predicted octanol–water partition coefficient (Wildman–Crippen LogP) is 3.59. The van der Waals surface area contributed by atoms with E-state index in [0.29, 0.717) is 5.02 Å². The molecule has 0 bridgehead atoms. The molecule has 1 aromatic heterocycles. The number of rotatable bonds is 5. The third-order valence-electron chi connectivity index (χ3n) is 3.66. The van der Waals surface area contributed by atoms with Gasteiger partial charge in [-0.1, -0.05) is 31.5 Å². The molecule has 0 fully saturated rings. The van der Waals surface area contributed by atoms with Crippen LogP contribution in [-0.2, 0) is 19.0 Å². The number of benzene rings is 1. The van der Waals surface area contributed by atoms with Crippen LogP contribution in [0.3, 0.4) is 0 Å². The molecule has 0 aliphatic rings. The topological polar surface area (TPSA) is 29.9 Å². The van der Waals surface area contributed by atoms with Gasteiger partial charge in [-0.3, -0.25) is 4.68 Å². The molecular formula is C16H21ClFN3. The summed E-state index contributed by atoms with van der Waals surface area (Å²) in [5, 5.41) is 8.22. The highest BCUT2D eigenvalue weighted by molar-refractivity contribution is 6.31. The summed E-state index contributed by atoms with van der Waals surface area (Å²) in [6.45, 7) is 7.68. The van der Waals surface area contributed by atoms with Crippen LogP contribution in [0, 0.1) is 12.7 Å². The fourth-order valence-corrected chi connectivity index (χ4v) is 2.89. The zero-order valence-electron chi connectivity index (χ0n) is 12.9. The first-order chi connectivity index (χ1) is 9.79. The highest BCUT2D eigenvalue weighted by Gasteiger charge is 2.23. The maximum atomic E-state index is 13.1. The monoisotopic (exact) mass is 309 g/mol. The van der Waals surface area contributed by atoms with Crippen molar-refractivity contribution in [1.29, 1.82) is 0 Å². The van der Waals surface area contributed by atoms with Crippen molar-refractivity contribution in [2.75, 3.05) is 6.54 Å². The first kappa shape index (κ1) is 16.0. The summed E-state index contributed by atoms with van der Waals surface area (Å²) >= 11 is 6.16. The SMILES string of the molecule is Cc1nn(C)cc1CNCC(C)(C)c1ccc(F)cc1Cl. The quantitative estimate of drug-likeness (QED) is 0.915. The van der Waals surface area contributed by atoms with E-state index in [1.807, 2.05) is 24.9 Å². The van der Waals surface area contributed by atoms with Crippen molar-refractivity contribution < 1.29 is 4.39 Å². The molecular weight excluding hydrogens is 289 g/mol. The fraction of sp³-hybridized carbons (Fsp3) is 0.438. The van der Waals surface area contributed by atoms with Gasteiger partial charge in [-0.15, -0.1) is 0 Å². The Morgan fingerprint density at radius 2 is 2.10 bits per heavy atom. The molecule has 2 rings (SSSR count). The number of hydrogen-bond acceptors (Lipinski definition) is 2. The lowest BCUT2D eigenvalue weighted by atomic mass is 9.84. The largest absolute Gasteiger partial charge is 0.312 e. The van der Waals surface area contributed by atoms with Crippen molar-refractivity contribution >= 4 is 11.6 Å². The van der Waals surface area contributed by atoms with Crippen molar-refractivity contribution in [3.63, 3.8) is 0 Å². The third-order valence-corrected chi connectivity index (χ3v) is 3.97. The van der Waals surface area contributed by atoms with E-state index in [1.54, 1.807) is 6.07 Å². The summed E-state index contributed by atoms with van der Waals surface area (Å²) in [4.78, 5) is 0. The van der Waals surface area contributed by atoms with Gasteiger partial charge in [0, 0.05) is 42.3 Å². The second-order valence-corrected chi connectivity index (χ2v) is 6.43. The number of nitrogens with zero attached hydrogens (tertiary/aromatic N) is 2. The normalized spacial score (nSPS) is 11.9. The van der Waals surface area contributed by atoms with Gasteiger partial charge in [-0.2, -0.15) is 5.10 Å². The van der Waals surface area contributed by atoms with Gasteiger partial charge in [0.2, 0.25) is 0 Å². The molecule has 0 amide bonds. The molecule has 0 radical (unpaired) electrons. The summed E-state index contributed by atoms with van der Waals surface area (Å²) in [7, 11) is 1.92. The Morgan fingerprint density at radius 1 is 1.38 bits per heavy atom. The van der Waals surface area contributed by atoms with Gasteiger partial charge in [0.15, 0.2) is 0 Å². The first-order valence-corrected chi connectivity index (χ1v) is 7.33.